The van der Waals surface area contributed by atoms with Gasteiger partial charge in [-0.3, -0.25) is 4.90 Å². The fourth-order valence-electron chi connectivity index (χ4n) is 1.89. The summed E-state index contributed by atoms with van der Waals surface area (Å²) in [6.45, 7) is 7.37. The SMILES string of the molecule is CC1CN(CCF)CC1(C)CN. The maximum Gasteiger partial charge on any atom is 0.102 e. The predicted molar refractivity (Wildman–Crippen MR) is 48.7 cm³/mol. The van der Waals surface area contributed by atoms with Crippen LogP contribution >= 0.6 is 0 Å². The number of rotatable bonds is 3. The Balaban J connectivity index is 2.49. The Morgan fingerprint density at radius 1 is 1.67 bits per heavy atom. The van der Waals surface area contributed by atoms with Crippen LogP contribution in [0.25, 0.3) is 0 Å². The van der Waals surface area contributed by atoms with Crippen LogP contribution in [0.15, 0.2) is 0 Å². The van der Waals surface area contributed by atoms with Gasteiger partial charge in [0, 0.05) is 19.6 Å². The van der Waals surface area contributed by atoms with Gasteiger partial charge in [0.1, 0.15) is 6.67 Å². The molecule has 1 fully saturated rings. The molecule has 3 heteroatoms. The Morgan fingerprint density at radius 3 is 2.75 bits per heavy atom. The summed E-state index contributed by atoms with van der Waals surface area (Å²) in [5, 5.41) is 0. The minimum absolute atomic E-state index is 0.204. The number of halogens is 1. The molecule has 2 atom stereocenters. The van der Waals surface area contributed by atoms with Crippen molar-refractivity contribution < 1.29 is 4.39 Å². The maximum absolute atomic E-state index is 12.1. The van der Waals surface area contributed by atoms with Crippen molar-refractivity contribution in [3.05, 3.63) is 0 Å². The Labute approximate surface area is 73.9 Å². The van der Waals surface area contributed by atoms with Gasteiger partial charge in [-0.05, 0) is 17.9 Å². The van der Waals surface area contributed by atoms with Gasteiger partial charge in [0.25, 0.3) is 0 Å². The van der Waals surface area contributed by atoms with Crippen LogP contribution in [-0.2, 0) is 0 Å². The monoisotopic (exact) mass is 174 g/mol. The fourth-order valence-corrected chi connectivity index (χ4v) is 1.89. The van der Waals surface area contributed by atoms with Crippen molar-refractivity contribution in [3.8, 4) is 0 Å². The first-order chi connectivity index (χ1) is 5.62. The lowest BCUT2D eigenvalue weighted by molar-refractivity contribution is 0.250. The second-order valence-corrected chi connectivity index (χ2v) is 4.18. The van der Waals surface area contributed by atoms with Crippen LogP contribution in [0.2, 0.25) is 0 Å². The molecule has 12 heavy (non-hydrogen) atoms. The standard InChI is InChI=1S/C9H19FN2/c1-8-5-12(4-3-10)7-9(8,2)6-11/h8H,3-7,11H2,1-2H3. The van der Waals surface area contributed by atoms with Gasteiger partial charge in [0.05, 0.1) is 0 Å². The highest BCUT2D eigenvalue weighted by Crippen LogP contribution is 2.33. The molecular formula is C9H19FN2. The van der Waals surface area contributed by atoms with Crippen LogP contribution in [0.1, 0.15) is 13.8 Å². The summed E-state index contributed by atoms with van der Waals surface area (Å²) in [6, 6.07) is 0. The van der Waals surface area contributed by atoms with E-state index in [9.17, 15) is 4.39 Å². The van der Waals surface area contributed by atoms with E-state index in [1.165, 1.54) is 0 Å². The van der Waals surface area contributed by atoms with Crippen molar-refractivity contribution in [1.82, 2.24) is 4.90 Å². The molecule has 1 heterocycles. The van der Waals surface area contributed by atoms with E-state index in [0.717, 1.165) is 13.1 Å². The first-order valence-corrected chi connectivity index (χ1v) is 4.61. The molecule has 1 saturated heterocycles. The maximum atomic E-state index is 12.1. The highest BCUT2D eigenvalue weighted by atomic mass is 19.1. The number of nitrogens with zero attached hydrogens (tertiary/aromatic N) is 1. The van der Waals surface area contributed by atoms with Crippen molar-refractivity contribution in [2.75, 3.05) is 32.9 Å². The normalized spacial score (nSPS) is 37.5. The molecule has 0 aromatic rings. The lowest BCUT2D eigenvalue weighted by Gasteiger charge is -2.26. The summed E-state index contributed by atoms with van der Waals surface area (Å²) in [6.07, 6.45) is 0. The van der Waals surface area contributed by atoms with E-state index in [-0.39, 0.29) is 12.1 Å². The topological polar surface area (TPSA) is 29.3 Å². The first kappa shape index (κ1) is 9.93. The van der Waals surface area contributed by atoms with Gasteiger partial charge in [-0.1, -0.05) is 13.8 Å². The molecule has 0 spiro atoms. The summed E-state index contributed by atoms with van der Waals surface area (Å²) in [7, 11) is 0. The van der Waals surface area contributed by atoms with Crippen LogP contribution in [-0.4, -0.2) is 37.8 Å². The van der Waals surface area contributed by atoms with Gasteiger partial charge in [-0.2, -0.15) is 0 Å². The lowest BCUT2D eigenvalue weighted by atomic mass is 9.81. The Morgan fingerprint density at radius 2 is 2.33 bits per heavy atom. The highest BCUT2D eigenvalue weighted by molar-refractivity contribution is 4.91. The molecule has 1 aliphatic rings. The predicted octanol–water partition coefficient (Wildman–Crippen LogP) is 0.873. The second-order valence-electron chi connectivity index (χ2n) is 4.18. The summed E-state index contributed by atoms with van der Waals surface area (Å²) < 4.78 is 12.1. The van der Waals surface area contributed by atoms with Crippen LogP contribution < -0.4 is 5.73 Å². The molecule has 0 radical (unpaired) electrons. The molecule has 0 saturated carbocycles. The molecule has 0 bridgehead atoms. The van der Waals surface area contributed by atoms with E-state index in [1.54, 1.807) is 0 Å². The zero-order valence-electron chi connectivity index (χ0n) is 8.02. The smallest absolute Gasteiger partial charge is 0.102 e. The average molecular weight is 174 g/mol. The molecule has 2 N–H and O–H groups in total. The highest BCUT2D eigenvalue weighted by Gasteiger charge is 2.38. The van der Waals surface area contributed by atoms with Gasteiger partial charge in [-0.25, -0.2) is 4.39 Å². The molecule has 2 unspecified atom stereocenters. The third-order valence-corrected chi connectivity index (χ3v) is 3.17. The second kappa shape index (κ2) is 3.71. The van der Waals surface area contributed by atoms with Gasteiger partial charge in [0.2, 0.25) is 0 Å². The molecule has 0 aliphatic carbocycles. The van der Waals surface area contributed by atoms with E-state index in [0.29, 0.717) is 19.0 Å². The van der Waals surface area contributed by atoms with Crippen LogP contribution in [0, 0.1) is 11.3 Å². The summed E-state index contributed by atoms with van der Waals surface area (Å²) in [4.78, 5) is 2.16. The third kappa shape index (κ3) is 1.77. The van der Waals surface area contributed by atoms with Crippen molar-refractivity contribution in [2.45, 2.75) is 13.8 Å². The Bertz CT molecular complexity index is 151. The van der Waals surface area contributed by atoms with Crippen LogP contribution in [0.3, 0.4) is 0 Å². The number of likely N-dealkylation sites (tertiary alicyclic amines) is 1. The van der Waals surface area contributed by atoms with Gasteiger partial charge < -0.3 is 5.73 Å². The fraction of sp³-hybridized carbons (Fsp3) is 1.00. The molecule has 0 aromatic carbocycles. The largest absolute Gasteiger partial charge is 0.330 e. The lowest BCUT2D eigenvalue weighted by Crippen LogP contribution is -2.34. The van der Waals surface area contributed by atoms with E-state index >= 15 is 0 Å². The Hall–Kier alpha value is -0.150. The minimum Gasteiger partial charge on any atom is -0.330 e. The van der Waals surface area contributed by atoms with Crippen LogP contribution in [0.5, 0.6) is 0 Å². The zero-order chi connectivity index (χ0) is 9.19. The Kier molecular flexibility index (Phi) is 3.07. The van der Waals surface area contributed by atoms with Crippen LogP contribution in [0.4, 0.5) is 4.39 Å². The zero-order valence-corrected chi connectivity index (χ0v) is 8.02. The molecule has 2 nitrogen and oxygen atoms in total. The molecule has 0 aromatic heterocycles. The molecule has 72 valence electrons. The summed E-state index contributed by atoms with van der Waals surface area (Å²) in [5.74, 6) is 0.592. The molecular weight excluding hydrogens is 155 g/mol. The van der Waals surface area contributed by atoms with Crippen molar-refractivity contribution in [2.24, 2.45) is 17.1 Å². The van der Waals surface area contributed by atoms with E-state index in [4.69, 9.17) is 5.73 Å². The molecule has 1 aliphatic heterocycles. The number of hydrogen-bond acceptors (Lipinski definition) is 2. The number of nitrogens with two attached hydrogens (primary N) is 1. The van der Waals surface area contributed by atoms with Gasteiger partial charge in [-0.15, -0.1) is 0 Å². The summed E-state index contributed by atoms with van der Waals surface area (Å²) in [5.41, 5.74) is 5.90. The van der Waals surface area contributed by atoms with E-state index in [1.807, 2.05) is 0 Å². The third-order valence-electron chi connectivity index (χ3n) is 3.17. The van der Waals surface area contributed by atoms with Gasteiger partial charge >= 0.3 is 0 Å². The van der Waals surface area contributed by atoms with Crippen molar-refractivity contribution >= 4 is 0 Å². The first-order valence-electron chi connectivity index (χ1n) is 4.61. The minimum atomic E-state index is -0.243. The van der Waals surface area contributed by atoms with Crippen molar-refractivity contribution in [1.29, 1.82) is 0 Å². The van der Waals surface area contributed by atoms with Crippen molar-refractivity contribution in [3.63, 3.8) is 0 Å². The summed E-state index contributed by atoms with van der Waals surface area (Å²) >= 11 is 0. The van der Waals surface area contributed by atoms with Gasteiger partial charge in [0.15, 0.2) is 0 Å². The molecule has 1 rings (SSSR count). The van der Waals surface area contributed by atoms with E-state index < -0.39 is 0 Å². The number of hydrogen-bond donors (Lipinski definition) is 1. The number of alkyl halides is 1. The quantitative estimate of drug-likeness (QED) is 0.688. The van der Waals surface area contributed by atoms with E-state index in [2.05, 4.69) is 18.7 Å². The average Bonchev–Trinajstić information content (AvgIpc) is 2.30. The molecule has 0 amide bonds.